The van der Waals surface area contributed by atoms with Gasteiger partial charge >= 0.3 is 6.09 Å². The molecule has 2 unspecified atom stereocenters. The van der Waals surface area contributed by atoms with Gasteiger partial charge in [-0.2, -0.15) is 0 Å². The summed E-state index contributed by atoms with van der Waals surface area (Å²) in [5, 5.41) is 10.6. The van der Waals surface area contributed by atoms with Crippen LogP contribution in [0.25, 0.3) is 0 Å². The Labute approximate surface area is 137 Å². The number of amides is 1. The normalized spacial score (nSPS) is 25.2. The second kappa shape index (κ2) is 6.89. The molecule has 1 heterocycles. The van der Waals surface area contributed by atoms with Crippen molar-refractivity contribution < 1.29 is 14.6 Å². The molecule has 3 rings (SSSR count). The standard InChI is InChI=1S/C18H26N2O3/c1-3-23-18(22)19(2)14-8-10-20(11-9-14)16-12-13-6-4-5-7-15(13)17(16)21/h4-7,14,16-17,21H,3,8-12H2,1-2H3. The molecular formula is C18H26N2O3. The lowest BCUT2D eigenvalue weighted by atomic mass is 10.0. The Morgan fingerprint density at radius 1 is 1.35 bits per heavy atom. The number of hydrogen-bond donors (Lipinski definition) is 1. The molecular weight excluding hydrogens is 292 g/mol. The highest BCUT2D eigenvalue weighted by Crippen LogP contribution is 2.35. The summed E-state index contributed by atoms with van der Waals surface area (Å²) in [6.45, 7) is 4.05. The lowest BCUT2D eigenvalue weighted by molar-refractivity contribution is 0.0276. The van der Waals surface area contributed by atoms with Gasteiger partial charge in [0.15, 0.2) is 0 Å². The molecule has 126 valence electrons. The lowest BCUT2D eigenvalue weighted by Gasteiger charge is -2.39. The number of ether oxygens (including phenoxy) is 1. The Balaban J connectivity index is 1.57. The number of aliphatic hydroxyl groups excluding tert-OH is 1. The molecule has 5 nitrogen and oxygen atoms in total. The molecule has 0 aromatic heterocycles. The number of benzene rings is 1. The Bertz CT molecular complexity index is 555. The fourth-order valence-corrected chi connectivity index (χ4v) is 3.86. The Morgan fingerprint density at radius 3 is 2.70 bits per heavy atom. The van der Waals surface area contributed by atoms with Gasteiger partial charge in [-0.1, -0.05) is 24.3 Å². The van der Waals surface area contributed by atoms with E-state index in [0.29, 0.717) is 6.61 Å². The molecule has 0 radical (unpaired) electrons. The zero-order valence-electron chi connectivity index (χ0n) is 13.9. The number of likely N-dealkylation sites (tertiary alicyclic amines) is 1. The van der Waals surface area contributed by atoms with Crippen molar-refractivity contribution in [2.45, 2.75) is 44.4 Å². The molecule has 2 aliphatic rings. The number of hydrogen-bond acceptors (Lipinski definition) is 4. The van der Waals surface area contributed by atoms with Crippen LogP contribution in [0.5, 0.6) is 0 Å². The Hall–Kier alpha value is -1.59. The summed E-state index contributed by atoms with van der Waals surface area (Å²) in [5.74, 6) is 0. The van der Waals surface area contributed by atoms with Crippen molar-refractivity contribution in [3.05, 3.63) is 35.4 Å². The van der Waals surface area contributed by atoms with Crippen molar-refractivity contribution in [2.75, 3.05) is 26.7 Å². The van der Waals surface area contributed by atoms with E-state index in [1.807, 2.05) is 32.2 Å². The number of nitrogens with zero attached hydrogens (tertiary/aromatic N) is 2. The van der Waals surface area contributed by atoms with Crippen LogP contribution in [0.1, 0.15) is 37.0 Å². The van der Waals surface area contributed by atoms with Crippen molar-refractivity contribution >= 4 is 6.09 Å². The minimum atomic E-state index is -0.398. The summed E-state index contributed by atoms with van der Waals surface area (Å²) >= 11 is 0. The van der Waals surface area contributed by atoms with Gasteiger partial charge in [0.2, 0.25) is 0 Å². The average Bonchev–Trinajstić information content (AvgIpc) is 2.92. The van der Waals surface area contributed by atoms with E-state index in [4.69, 9.17) is 4.74 Å². The van der Waals surface area contributed by atoms with Crippen molar-refractivity contribution in [3.8, 4) is 0 Å². The topological polar surface area (TPSA) is 53.0 Å². The minimum Gasteiger partial charge on any atom is -0.450 e. The van der Waals surface area contributed by atoms with E-state index in [0.717, 1.165) is 37.9 Å². The summed E-state index contributed by atoms with van der Waals surface area (Å²) < 4.78 is 5.08. The molecule has 1 aromatic rings. The first-order chi connectivity index (χ1) is 11.1. The van der Waals surface area contributed by atoms with Gasteiger partial charge in [-0.25, -0.2) is 4.79 Å². The van der Waals surface area contributed by atoms with Crippen molar-refractivity contribution in [1.82, 2.24) is 9.80 Å². The first-order valence-electron chi connectivity index (χ1n) is 8.51. The zero-order chi connectivity index (χ0) is 16.4. The number of carbonyl (C=O) groups excluding carboxylic acids is 1. The molecule has 1 fully saturated rings. The summed E-state index contributed by atoms with van der Waals surface area (Å²) in [6.07, 6.45) is 2.13. The molecule has 1 aliphatic carbocycles. The van der Waals surface area contributed by atoms with Crippen LogP contribution in [0.4, 0.5) is 4.79 Å². The van der Waals surface area contributed by atoms with Crippen molar-refractivity contribution in [3.63, 3.8) is 0 Å². The highest BCUT2D eigenvalue weighted by atomic mass is 16.6. The fraction of sp³-hybridized carbons (Fsp3) is 0.611. The summed E-state index contributed by atoms with van der Waals surface area (Å²) in [6, 6.07) is 8.56. The molecule has 0 saturated carbocycles. The number of piperidine rings is 1. The van der Waals surface area contributed by atoms with E-state index < -0.39 is 6.10 Å². The maximum absolute atomic E-state index is 11.8. The SMILES string of the molecule is CCOC(=O)N(C)C1CCN(C2Cc3ccccc3C2O)CC1. The van der Waals surface area contributed by atoms with Gasteiger partial charge in [0.25, 0.3) is 0 Å². The fourth-order valence-electron chi connectivity index (χ4n) is 3.86. The minimum absolute atomic E-state index is 0.168. The first kappa shape index (κ1) is 16.3. The van der Waals surface area contributed by atoms with E-state index in [9.17, 15) is 9.90 Å². The third-order valence-corrected chi connectivity index (χ3v) is 5.24. The molecule has 0 spiro atoms. The smallest absolute Gasteiger partial charge is 0.409 e. The van der Waals surface area contributed by atoms with Crippen LogP contribution in [0, 0.1) is 0 Å². The Morgan fingerprint density at radius 2 is 2.04 bits per heavy atom. The van der Waals surface area contributed by atoms with Gasteiger partial charge in [-0.15, -0.1) is 0 Å². The van der Waals surface area contributed by atoms with Crippen LogP contribution >= 0.6 is 0 Å². The van der Waals surface area contributed by atoms with Gasteiger partial charge in [-0.3, -0.25) is 4.90 Å². The quantitative estimate of drug-likeness (QED) is 0.928. The van der Waals surface area contributed by atoms with Gasteiger partial charge in [-0.05, 0) is 37.3 Å². The molecule has 2 atom stereocenters. The predicted octanol–water partition coefficient (Wildman–Crippen LogP) is 2.20. The second-order valence-corrected chi connectivity index (χ2v) is 6.49. The van der Waals surface area contributed by atoms with E-state index in [2.05, 4.69) is 11.0 Å². The largest absolute Gasteiger partial charge is 0.450 e. The average molecular weight is 318 g/mol. The highest BCUT2D eigenvalue weighted by Gasteiger charge is 2.37. The van der Waals surface area contributed by atoms with Crippen LogP contribution in [0.3, 0.4) is 0 Å². The number of fused-ring (bicyclic) bond motifs is 1. The van der Waals surface area contributed by atoms with Gasteiger partial charge < -0.3 is 14.7 Å². The number of aliphatic hydroxyl groups is 1. The zero-order valence-corrected chi connectivity index (χ0v) is 13.9. The third kappa shape index (κ3) is 3.21. The molecule has 1 N–H and O–H groups in total. The van der Waals surface area contributed by atoms with E-state index >= 15 is 0 Å². The molecule has 0 bridgehead atoms. The van der Waals surface area contributed by atoms with E-state index in [-0.39, 0.29) is 18.2 Å². The second-order valence-electron chi connectivity index (χ2n) is 6.49. The molecule has 1 saturated heterocycles. The van der Waals surface area contributed by atoms with Crippen LogP contribution in [0.15, 0.2) is 24.3 Å². The van der Waals surface area contributed by atoms with Crippen LogP contribution in [-0.4, -0.2) is 59.8 Å². The van der Waals surface area contributed by atoms with Gasteiger partial charge in [0.1, 0.15) is 0 Å². The first-order valence-corrected chi connectivity index (χ1v) is 8.51. The molecule has 23 heavy (non-hydrogen) atoms. The number of rotatable bonds is 3. The monoisotopic (exact) mass is 318 g/mol. The summed E-state index contributed by atoms with van der Waals surface area (Å²) in [7, 11) is 1.82. The lowest BCUT2D eigenvalue weighted by Crippen LogP contribution is -2.49. The van der Waals surface area contributed by atoms with Gasteiger partial charge in [0.05, 0.1) is 12.7 Å². The molecule has 5 heteroatoms. The summed E-state index contributed by atoms with van der Waals surface area (Å²) in [4.78, 5) is 15.9. The predicted molar refractivity (Wildman–Crippen MR) is 88.3 cm³/mol. The molecule has 1 amide bonds. The van der Waals surface area contributed by atoms with E-state index in [1.54, 1.807) is 4.90 Å². The van der Waals surface area contributed by atoms with Crippen LogP contribution in [-0.2, 0) is 11.2 Å². The van der Waals surface area contributed by atoms with Gasteiger partial charge in [0, 0.05) is 32.2 Å². The van der Waals surface area contributed by atoms with Crippen molar-refractivity contribution in [1.29, 1.82) is 0 Å². The maximum Gasteiger partial charge on any atom is 0.409 e. The molecule has 1 aliphatic heterocycles. The maximum atomic E-state index is 11.8. The molecule has 1 aromatic carbocycles. The third-order valence-electron chi connectivity index (χ3n) is 5.24. The number of carbonyl (C=O) groups is 1. The highest BCUT2D eigenvalue weighted by molar-refractivity contribution is 5.67. The summed E-state index contributed by atoms with van der Waals surface area (Å²) in [5.41, 5.74) is 2.33. The Kier molecular flexibility index (Phi) is 4.87. The van der Waals surface area contributed by atoms with E-state index in [1.165, 1.54) is 5.56 Å². The van der Waals surface area contributed by atoms with Crippen LogP contribution in [0.2, 0.25) is 0 Å². The van der Waals surface area contributed by atoms with Crippen LogP contribution < -0.4 is 0 Å². The van der Waals surface area contributed by atoms with Crippen molar-refractivity contribution in [2.24, 2.45) is 0 Å².